The van der Waals surface area contributed by atoms with Crippen molar-refractivity contribution in [1.29, 1.82) is 0 Å². The van der Waals surface area contributed by atoms with Gasteiger partial charge in [-0.05, 0) is 51.6 Å². The topological polar surface area (TPSA) is 58.8 Å². The van der Waals surface area contributed by atoms with E-state index in [2.05, 4.69) is 4.90 Å². The van der Waals surface area contributed by atoms with Crippen LogP contribution in [-0.2, 0) is 9.53 Å². The van der Waals surface area contributed by atoms with Crippen LogP contribution >= 0.6 is 0 Å². The smallest absolute Gasteiger partial charge is 0.242 e. The van der Waals surface area contributed by atoms with Crippen LogP contribution in [0, 0.1) is 0 Å². The number of piperidine rings is 1. The molecule has 0 unspecified atom stereocenters. The molecule has 2 saturated heterocycles. The molecule has 0 atom stereocenters. The van der Waals surface area contributed by atoms with Gasteiger partial charge >= 0.3 is 0 Å². The van der Waals surface area contributed by atoms with E-state index in [9.17, 15) is 4.79 Å². The van der Waals surface area contributed by atoms with Gasteiger partial charge in [0, 0.05) is 19.6 Å². The summed E-state index contributed by atoms with van der Waals surface area (Å²) in [5.41, 5.74) is 5.81. The van der Waals surface area contributed by atoms with Crippen molar-refractivity contribution in [3.05, 3.63) is 0 Å². The van der Waals surface area contributed by atoms with Gasteiger partial charge in [-0.15, -0.1) is 0 Å². The van der Waals surface area contributed by atoms with Gasteiger partial charge in [-0.25, -0.2) is 0 Å². The maximum absolute atomic E-state index is 12.7. The van der Waals surface area contributed by atoms with E-state index in [1.54, 1.807) is 0 Å². The van der Waals surface area contributed by atoms with Crippen LogP contribution in [-0.4, -0.2) is 66.7 Å². The van der Waals surface area contributed by atoms with Crippen LogP contribution in [0.4, 0.5) is 0 Å². The zero-order valence-corrected chi connectivity index (χ0v) is 14.5. The lowest BCUT2D eigenvalue weighted by atomic mass is 9.81. The minimum absolute atomic E-state index is 0.188. The predicted molar refractivity (Wildman–Crippen MR) is 91.2 cm³/mol. The Morgan fingerprint density at radius 2 is 1.65 bits per heavy atom. The minimum Gasteiger partial charge on any atom is -0.377 e. The molecule has 0 spiro atoms. The zero-order chi connectivity index (χ0) is 16.1. The first-order chi connectivity index (χ1) is 11.2. The number of carbonyl (C=O) groups excluding carboxylic acids is 1. The highest BCUT2D eigenvalue weighted by Gasteiger charge is 2.39. The van der Waals surface area contributed by atoms with Gasteiger partial charge < -0.3 is 20.3 Å². The lowest BCUT2D eigenvalue weighted by Gasteiger charge is -2.40. The number of carbonyl (C=O) groups is 1. The molecule has 2 aliphatic heterocycles. The summed E-state index contributed by atoms with van der Waals surface area (Å²) in [6.07, 6.45) is 10.0. The summed E-state index contributed by atoms with van der Waals surface area (Å²) in [5.74, 6) is 0.188. The number of hydrogen-bond donors (Lipinski definition) is 1. The van der Waals surface area contributed by atoms with Gasteiger partial charge in [0.2, 0.25) is 5.91 Å². The second-order valence-corrected chi connectivity index (χ2v) is 7.63. The fourth-order valence-electron chi connectivity index (χ4n) is 4.29. The summed E-state index contributed by atoms with van der Waals surface area (Å²) in [6, 6.07) is 0. The monoisotopic (exact) mass is 323 g/mol. The van der Waals surface area contributed by atoms with Crippen molar-refractivity contribution in [1.82, 2.24) is 9.80 Å². The molecule has 2 N–H and O–H groups in total. The highest BCUT2D eigenvalue weighted by Crippen LogP contribution is 2.29. The molecule has 5 heteroatoms. The molecule has 1 saturated carbocycles. The first-order valence-electron chi connectivity index (χ1n) is 9.60. The molecule has 0 aromatic heterocycles. The first kappa shape index (κ1) is 17.2. The van der Waals surface area contributed by atoms with Crippen LogP contribution in [0.25, 0.3) is 0 Å². The quantitative estimate of drug-likeness (QED) is 0.837. The van der Waals surface area contributed by atoms with E-state index in [0.29, 0.717) is 6.10 Å². The normalized spacial score (nSPS) is 26.6. The zero-order valence-electron chi connectivity index (χ0n) is 14.5. The van der Waals surface area contributed by atoms with E-state index in [-0.39, 0.29) is 5.91 Å². The average Bonchev–Trinajstić information content (AvgIpc) is 3.09. The van der Waals surface area contributed by atoms with E-state index >= 15 is 0 Å². The summed E-state index contributed by atoms with van der Waals surface area (Å²) < 4.78 is 6.03. The number of ether oxygens (including phenoxy) is 1. The Labute approximate surface area is 140 Å². The molecule has 0 aromatic rings. The van der Waals surface area contributed by atoms with E-state index in [1.807, 2.05) is 4.90 Å². The fourth-order valence-corrected chi connectivity index (χ4v) is 4.29. The molecule has 3 fully saturated rings. The van der Waals surface area contributed by atoms with E-state index < -0.39 is 5.54 Å². The van der Waals surface area contributed by atoms with Crippen molar-refractivity contribution in [2.24, 2.45) is 5.73 Å². The number of amides is 1. The van der Waals surface area contributed by atoms with Crippen molar-refractivity contribution in [3.63, 3.8) is 0 Å². The Balaban J connectivity index is 1.36. The largest absolute Gasteiger partial charge is 0.377 e. The standard InChI is InChI=1S/C18H33N3O2/c19-18(8-2-1-3-9-18)17(22)21-12-6-16(7-13-21)23-15-14-20-10-4-5-11-20/h16H,1-15,19H2. The molecular formula is C18H33N3O2. The molecule has 0 radical (unpaired) electrons. The van der Waals surface area contributed by atoms with Gasteiger partial charge in [-0.2, -0.15) is 0 Å². The number of nitrogens with two attached hydrogens (primary N) is 1. The Kier molecular flexibility index (Phi) is 5.94. The van der Waals surface area contributed by atoms with Gasteiger partial charge in [0.05, 0.1) is 18.2 Å². The molecule has 1 aliphatic carbocycles. The second kappa shape index (κ2) is 7.95. The Hall–Kier alpha value is -0.650. The molecule has 132 valence electrons. The highest BCUT2D eigenvalue weighted by atomic mass is 16.5. The van der Waals surface area contributed by atoms with Gasteiger partial charge in [0.15, 0.2) is 0 Å². The Morgan fingerprint density at radius 3 is 2.30 bits per heavy atom. The second-order valence-electron chi connectivity index (χ2n) is 7.63. The van der Waals surface area contributed by atoms with Crippen molar-refractivity contribution in [2.45, 2.75) is 69.4 Å². The van der Waals surface area contributed by atoms with Crippen LogP contribution in [0.15, 0.2) is 0 Å². The van der Waals surface area contributed by atoms with Gasteiger partial charge in [-0.3, -0.25) is 4.79 Å². The molecule has 5 nitrogen and oxygen atoms in total. The highest BCUT2D eigenvalue weighted by molar-refractivity contribution is 5.86. The van der Waals surface area contributed by atoms with E-state index in [0.717, 1.165) is 64.8 Å². The average molecular weight is 323 g/mol. The predicted octanol–water partition coefficient (Wildman–Crippen LogP) is 1.75. The van der Waals surface area contributed by atoms with Crippen molar-refractivity contribution in [2.75, 3.05) is 39.3 Å². The third kappa shape index (κ3) is 4.46. The molecule has 1 amide bonds. The number of likely N-dealkylation sites (tertiary alicyclic amines) is 2. The molecule has 23 heavy (non-hydrogen) atoms. The van der Waals surface area contributed by atoms with Crippen molar-refractivity contribution < 1.29 is 9.53 Å². The Bertz CT molecular complexity index is 382. The number of hydrogen-bond acceptors (Lipinski definition) is 4. The molecule has 3 aliphatic rings. The third-order valence-corrected chi connectivity index (χ3v) is 5.86. The summed E-state index contributed by atoms with van der Waals surface area (Å²) in [4.78, 5) is 17.2. The lowest BCUT2D eigenvalue weighted by molar-refractivity contribution is -0.141. The van der Waals surface area contributed by atoms with E-state index in [4.69, 9.17) is 10.5 Å². The maximum Gasteiger partial charge on any atom is 0.242 e. The van der Waals surface area contributed by atoms with Gasteiger partial charge in [0.25, 0.3) is 0 Å². The van der Waals surface area contributed by atoms with Crippen LogP contribution in [0.2, 0.25) is 0 Å². The van der Waals surface area contributed by atoms with Crippen LogP contribution in [0.1, 0.15) is 57.8 Å². The summed E-state index contributed by atoms with van der Waals surface area (Å²) in [6.45, 7) is 5.98. The molecule has 0 aromatic carbocycles. The van der Waals surface area contributed by atoms with Gasteiger partial charge in [0.1, 0.15) is 0 Å². The molecular weight excluding hydrogens is 290 g/mol. The van der Waals surface area contributed by atoms with Crippen molar-refractivity contribution in [3.8, 4) is 0 Å². The van der Waals surface area contributed by atoms with Crippen LogP contribution in [0.3, 0.4) is 0 Å². The van der Waals surface area contributed by atoms with Crippen LogP contribution in [0.5, 0.6) is 0 Å². The third-order valence-electron chi connectivity index (χ3n) is 5.86. The summed E-state index contributed by atoms with van der Waals surface area (Å²) in [5, 5.41) is 0. The van der Waals surface area contributed by atoms with Gasteiger partial charge in [-0.1, -0.05) is 19.3 Å². The first-order valence-corrected chi connectivity index (χ1v) is 9.60. The number of nitrogens with zero attached hydrogens (tertiary/aromatic N) is 2. The van der Waals surface area contributed by atoms with Crippen molar-refractivity contribution >= 4 is 5.91 Å². The minimum atomic E-state index is -0.582. The summed E-state index contributed by atoms with van der Waals surface area (Å²) in [7, 11) is 0. The molecule has 2 heterocycles. The fraction of sp³-hybridized carbons (Fsp3) is 0.944. The Morgan fingerprint density at radius 1 is 1.00 bits per heavy atom. The maximum atomic E-state index is 12.7. The number of rotatable bonds is 5. The summed E-state index contributed by atoms with van der Waals surface area (Å²) >= 11 is 0. The molecule has 0 bridgehead atoms. The van der Waals surface area contributed by atoms with E-state index in [1.165, 1.54) is 32.4 Å². The lowest BCUT2D eigenvalue weighted by Crippen LogP contribution is -2.58. The molecule has 3 rings (SSSR count). The van der Waals surface area contributed by atoms with Crippen LogP contribution < -0.4 is 5.73 Å². The SMILES string of the molecule is NC1(C(=O)N2CCC(OCCN3CCCC3)CC2)CCCCC1.